The average molecular weight is 411 g/mol. The van der Waals surface area contributed by atoms with E-state index in [0.29, 0.717) is 11.8 Å². The number of nitrogens with zero attached hydrogens (tertiary/aromatic N) is 2. The van der Waals surface area contributed by atoms with Crippen molar-refractivity contribution in [2.45, 2.75) is 55.4 Å². The van der Waals surface area contributed by atoms with E-state index < -0.39 is 5.60 Å². The molecule has 1 aromatic carbocycles. The van der Waals surface area contributed by atoms with Gasteiger partial charge in [-0.05, 0) is 63.6 Å². The van der Waals surface area contributed by atoms with Gasteiger partial charge in [0.2, 0.25) is 0 Å². The summed E-state index contributed by atoms with van der Waals surface area (Å²) in [5, 5.41) is 13.3. The average Bonchev–Trinajstić information content (AvgIpc) is 3.09. The molecular formula is C23H26N2O3S. The molecule has 2 heterocycles. The van der Waals surface area contributed by atoms with E-state index in [-0.39, 0.29) is 34.6 Å². The number of rotatable bonds is 3. The van der Waals surface area contributed by atoms with Crippen LogP contribution in [0.15, 0.2) is 29.3 Å². The second-order valence-electron chi connectivity index (χ2n) is 9.57. The molecule has 2 aliphatic heterocycles. The molecular weight excluding hydrogens is 384 g/mol. The quantitative estimate of drug-likeness (QED) is 0.471. The number of phenolic OH excluding ortho intramolecular Hbond substituents is 1. The van der Waals surface area contributed by atoms with Crippen LogP contribution in [-0.2, 0) is 16.6 Å². The molecule has 7 rings (SSSR count). The minimum absolute atomic E-state index is 0.0139. The number of piperidine rings is 1. The lowest BCUT2D eigenvalue weighted by Gasteiger charge is -2.71. The van der Waals surface area contributed by atoms with Crippen LogP contribution in [0, 0.1) is 11.3 Å². The zero-order valence-corrected chi connectivity index (χ0v) is 17.8. The van der Waals surface area contributed by atoms with E-state index in [2.05, 4.69) is 47.2 Å². The first kappa shape index (κ1) is 18.1. The molecule has 2 spiro atoms. The summed E-state index contributed by atoms with van der Waals surface area (Å²) >= 11 is 4.94. The van der Waals surface area contributed by atoms with Crippen molar-refractivity contribution in [3.8, 4) is 11.5 Å². The summed E-state index contributed by atoms with van der Waals surface area (Å²) in [6, 6.07) is 4.27. The number of methoxy groups -OCH3 is 1. The van der Waals surface area contributed by atoms with Crippen LogP contribution in [0.5, 0.6) is 11.5 Å². The Kier molecular flexibility index (Phi) is 3.43. The highest BCUT2D eigenvalue weighted by atomic mass is 32.1. The van der Waals surface area contributed by atoms with E-state index in [1.54, 1.807) is 13.2 Å². The Morgan fingerprint density at radius 2 is 2.24 bits per heavy atom. The Labute approximate surface area is 176 Å². The fourth-order valence-electron chi connectivity index (χ4n) is 7.83. The number of hydrogen-bond acceptors (Lipinski definition) is 6. The van der Waals surface area contributed by atoms with Crippen molar-refractivity contribution in [2.24, 2.45) is 16.3 Å². The molecule has 6 heteroatoms. The Hall–Kier alpha value is -1.72. The molecule has 1 saturated carbocycles. The van der Waals surface area contributed by atoms with Crippen molar-refractivity contribution in [3.63, 3.8) is 0 Å². The summed E-state index contributed by atoms with van der Waals surface area (Å²) < 4.78 is 13.0. The third kappa shape index (κ3) is 1.74. The Morgan fingerprint density at radius 3 is 3.00 bits per heavy atom. The minimum Gasteiger partial charge on any atom is -0.504 e. The van der Waals surface area contributed by atoms with Gasteiger partial charge in [-0.2, -0.15) is 0 Å². The van der Waals surface area contributed by atoms with Crippen molar-refractivity contribution >= 4 is 17.4 Å². The number of thiocarbonyl (C=S) groups is 1. The van der Waals surface area contributed by atoms with E-state index in [4.69, 9.17) is 21.7 Å². The number of benzene rings is 1. The van der Waals surface area contributed by atoms with Crippen LogP contribution in [0.2, 0.25) is 0 Å². The highest BCUT2D eigenvalue weighted by Gasteiger charge is 2.79. The summed E-state index contributed by atoms with van der Waals surface area (Å²) in [5.74, 6) is 1.06. The number of hydrogen-bond donors (Lipinski definition) is 1. The molecule has 0 aromatic heterocycles. The summed E-state index contributed by atoms with van der Waals surface area (Å²) in [6.45, 7) is 3.13. The van der Waals surface area contributed by atoms with Gasteiger partial charge in [0.25, 0.3) is 0 Å². The van der Waals surface area contributed by atoms with Gasteiger partial charge in [-0.15, -0.1) is 0 Å². The third-order valence-corrected chi connectivity index (χ3v) is 9.07. The Bertz CT molecular complexity index is 1000. The molecule has 1 N–H and O–H groups in total. The van der Waals surface area contributed by atoms with E-state index in [9.17, 15) is 5.11 Å². The van der Waals surface area contributed by atoms with Crippen LogP contribution < -0.4 is 4.74 Å². The van der Waals surface area contributed by atoms with Gasteiger partial charge in [0, 0.05) is 30.0 Å². The maximum atomic E-state index is 10.7. The summed E-state index contributed by atoms with van der Waals surface area (Å²) in [7, 11) is 4.03. The van der Waals surface area contributed by atoms with Crippen LogP contribution in [0.1, 0.15) is 30.9 Å². The SMILES string of the molecule is CO[C@]12C=C[C@@]3(C[C@H]1[C@@H](C)N=C=S)[C@H]1Cc4ccc(O)c5c4[C@@]3(CCN1C)[C@H]2O5. The number of likely N-dealkylation sites (tertiary alicyclic amines) is 1. The lowest BCUT2D eigenvalue weighted by Crippen LogP contribution is -2.79. The molecule has 29 heavy (non-hydrogen) atoms. The normalized spacial score (nSPS) is 44.0. The van der Waals surface area contributed by atoms with Gasteiger partial charge >= 0.3 is 0 Å². The van der Waals surface area contributed by atoms with Gasteiger partial charge in [0.15, 0.2) is 11.5 Å². The van der Waals surface area contributed by atoms with Crippen molar-refractivity contribution in [2.75, 3.05) is 20.7 Å². The Morgan fingerprint density at radius 1 is 1.41 bits per heavy atom. The highest BCUT2D eigenvalue weighted by molar-refractivity contribution is 7.78. The zero-order chi connectivity index (χ0) is 20.2. The molecule has 2 fully saturated rings. The van der Waals surface area contributed by atoms with Crippen LogP contribution >= 0.6 is 12.2 Å². The Balaban J connectivity index is 1.68. The lowest BCUT2D eigenvalue weighted by molar-refractivity contribution is -0.216. The second kappa shape index (κ2) is 5.50. The van der Waals surface area contributed by atoms with Crippen molar-refractivity contribution in [3.05, 3.63) is 35.4 Å². The monoisotopic (exact) mass is 410 g/mol. The van der Waals surface area contributed by atoms with Crippen LogP contribution in [-0.4, -0.2) is 59.7 Å². The molecule has 0 radical (unpaired) electrons. The molecule has 152 valence electrons. The maximum Gasteiger partial charge on any atom is 0.165 e. The van der Waals surface area contributed by atoms with Crippen LogP contribution in [0.3, 0.4) is 0 Å². The largest absolute Gasteiger partial charge is 0.504 e. The fourth-order valence-corrected chi connectivity index (χ4v) is 8.00. The molecule has 4 aliphatic carbocycles. The van der Waals surface area contributed by atoms with Crippen molar-refractivity contribution < 1.29 is 14.6 Å². The van der Waals surface area contributed by atoms with Gasteiger partial charge in [-0.1, -0.05) is 18.2 Å². The first-order chi connectivity index (χ1) is 13.9. The fraction of sp³-hybridized carbons (Fsp3) is 0.609. The standard InChI is InChI=1S/C23H26N2O3S/c1-13(24-12-29)15-11-21-6-7-23(15,27-3)20-22(21)8-9-25(2)17(21)10-14-4-5-16(26)19(28-20)18(14)22/h4-7,13,15,17,20,26H,8-11H2,1-3H3/t13-,15+,17-,20-,21-,22+,23-/m1/s1. The highest BCUT2D eigenvalue weighted by Crippen LogP contribution is 2.74. The lowest BCUT2D eigenvalue weighted by atomic mass is 9.36. The zero-order valence-electron chi connectivity index (χ0n) is 17.0. The smallest absolute Gasteiger partial charge is 0.165 e. The van der Waals surface area contributed by atoms with Crippen LogP contribution in [0.25, 0.3) is 0 Å². The van der Waals surface area contributed by atoms with Gasteiger partial charge in [-0.3, -0.25) is 0 Å². The van der Waals surface area contributed by atoms with Gasteiger partial charge in [-0.25, -0.2) is 4.99 Å². The molecule has 1 saturated heterocycles. The molecule has 0 amide bonds. The molecule has 6 aliphatic rings. The molecule has 1 aromatic rings. The van der Waals surface area contributed by atoms with Crippen LogP contribution in [0.4, 0.5) is 0 Å². The number of likely N-dealkylation sites (N-methyl/N-ethyl adjacent to an activating group) is 1. The molecule has 0 unspecified atom stereocenters. The maximum absolute atomic E-state index is 10.7. The topological polar surface area (TPSA) is 54.3 Å². The van der Waals surface area contributed by atoms with E-state index in [1.807, 2.05) is 0 Å². The predicted octanol–water partition coefficient (Wildman–Crippen LogP) is 3.10. The predicted molar refractivity (Wildman–Crippen MR) is 113 cm³/mol. The third-order valence-electron chi connectivity index (χ3n) is 8.96. The van der Waals surface area contributed by atoms with Crippen molar-refractivity contribution in [1.82, 2.24) is 4.90 Å². The molecule has 7 atom stereocenters. The van der Waals surface area contributed by atoms with E-state index in [1.165, 1.54) is 11.1 Å². The number of aromatic hydroxyl groups is 1. The number of aliphatic imine (C=N–C) groups is 1. The molecule has 5 nitrogen and oxygen atoms in total. The number of phenols is 1. The minimum atomic E-state index is -0.600. The first-order valence-corrected chi connectivity index (χ1v) is 10.9. The van der Waals surface area contributed by atoms with E-state index >= 15 is 0 Å². The summed E-state index contributed by atoms with van der Waals surface area (Å²) in [4.78, 5) is 6.99. The van der Waals surface area contributed by atoms with E-state index in [0.717, 1.165) is 25.8 Å². The van der Waals surface area contributed by atoms with Gasteiger partial charge in [0.05, 0.1) is 16.6 Å². The second-order valence-corrected chi connectivity index (χ2v) is 9.75. The number of isothiocyanates is 1. The van der Waals surface area contributed by atoms with Crippen molar-refractivity contribution in [1.29, 1.82) is 0 Å². The van der Waals surface area contributed by atoms with Gasteiger partial charge < -0.3 is 19.5 Å². The number of fused-ring (bicyclic) bond motifs is 1. The first-order valence-electron chi connectivity index (χ1n) is 10.5. The summed E-state index contributed by atoms with van der Waals surface area (Å²) in [5.41, 5.74) is 1.72. The number of ether oxygens (including phenoxy) is 2. The molecule has 4 bridgehead atoms. The summed E-state index contributed by atoms with van der Waals surface area (Å²) in [6.07, 6.45) is 7.45. The van der Waals surface area contributed by atoms with Gasteiger partial charge in [0.1, 0.15) is 11.7 Å².